The number of aromatic amines is 1. The molecule has 2 aromatic carbocycles. The van der Waals surface area contributed by atoms with Crippen molar-refractivity contribution in [2.75, 3.05) is 68.8 Å². The summed E-state index contributed by atoms with van der Waals surface area (Å²) < 4.78 is 6.73. The molecule has 1 atom stereocenters. The predicted molar refractivity (Wildman–Crippen MR) is 198 cm³/mol. The van der Waals surface area contributed by atoms with E-state index in [-0.39, 0.29) is 11.3 Å². The molecule has 4 saturated heterocycles. The molecule has 1 saturated carbocycles. The molecule has 50 heavy (non-hydrogen) atoms. The summed E-state index contributed by atoms with van der Waals surface area (Å²) in [6.45, 7) is 15.7. The number of aryl methyl sites for hydroxylation is 1. The Bertz CT molecular complexity index is 2040. The number of nitrogens with one attached hydrogen (secondary N) is 1. The van der Waals surface area contributed by atoms with Gasteiger partial charge in [0, 0.05) is 79.5 Å². The number of piperidine rings is 1. The van der Waals surface area contributed by atoms with Gasteiger partial charge in [0.05, 0.1) is 18.3 Å². The normalized spacial score (nSPS) is 22.2. The average molecular weight is 671 g/mol. The molecule has 2 aromatic heterocycles. The summed E-state index contributed by atoms with van der Waals surface area (Å²) in [7, 11) is 0. The monoisotopic (exact) mass is 670 g/mol. The fourth-order valence-electron chi connectivity index (χ4n) is 8.99. The van der Waals surface area contributed by atoms with Crippen LogP contribution in [0.25, 0.3) is 32.9 Å². The average Bonchev–Trinajstić information content (AvgIpc) is 3.64. The van der Waals surface area contributed by atoms with E-state index in [0.717, 1.165) is 129 Å². The minimum Gasteiger partial charge on any atom is -0.491 e. The number of ether oxygens (including phenoxy) is 1. The number of fused-ring (bicyclic) bond motifs is 2. The van der Waals surface area contributed by atoms with Crippen molar-refractivity contribution in [1.82, 2.24) is 30.0 Å². The molecule has 10 heteroatoms. The van der Waals surface area contributed by atoms with Crippen LogP contribution in [-0.2, 0) is 4.79 Å². The van der Waals surface area contributed by atoms with E-state index in [9.17, 15) is 4.79 Å². The van der Waals surface area contributed by atoms with E-state index >= 15 is 0 Å². The first-order chi connectivity index (χ1) is 24.4. The Balaban J connectivity index is 1.15. The topological polar surface area (TPSA) is 93.7 Å². The van der Waals surface area contributed by atoms with Crippen LogP contribution in [0.1, 0.15) is 56.1 Å². The van der Waals surface area contributed by atoms with Gasteiger partial charge in [-0.05, 0) is 93.3 Å². The molecule has 9 rings (SSSR count). The summed E-state index contributed by atoms with van der Waals surface area (Å²) in [6.07, 6.45) is 14.6. The highest BCUT2D eigenvalue weighted by Gasteiger charge is 2.47. The zero-order chi connectivity index (χ0) is 34.1. The Hall–Kier alpha value is -4.62. The Morgan fingerprint density at radius 1 is 1.08 bits per heavy atom. The van der Waals surface area contributed by atoms with Gasteiger partial charge >= 0.3 is 0 Å². The van der Waals surface area contributed by atoms with Crippen molar-refractivity contribution in [3.8, 4) is 29.2 Å². The highest BCUT2D eigenvalue weighted by molar-refractivity contribution is 6.06. The van der Waals surface area contributed by atoms with Crippen LogP contribution >= 0.6 is 0 Å². The Kier molecular flexibility index (Phi) is 7.54. The van der Waals surface area contributed by atoms with Crippen LogP contribution in [0, 0.1) is 30.6 Å². The van der Waals surface area contributed by atoms with Crippen LogP contribution in [0.5, 0.6) is 5.75 Å². The van der Waals surface area contributed by atoms with Crippen LogP contribution < -0.4 is 14.5 Å². The predicted octanol–water partition coefficient (Wildman–Crippen LogP) is 5.52. The van der Waals surface area contributed by atoms with Gasteiger partial charge in [-0.3, -0.25) is 14.8 Å². The summed E-state index contributed by atoms with van der Waals surface area (Å²) in [4.78, 5) is 32.3. The van der Waals surface area contributed by atoms with Gasteiger partial charge in [0.25, 0.3) is 0 Å². The van der Waals surface area contributed by atoms with Crippen molar-refractivity contribution in [2.45, 2.75) is 57.9 Å². The van der Waals surface area contributed by atoms with Gasteiger partial charge in [-0.2, -0.15) is 10.1 Å². The number of carbonyl (C=O) groups is 1. The number of nitrogens with zero attached hydrogens (tertiary/aromatic N) is 7. The summed E-state index contributed by atoms with van der Waals surface area (Å²) in [6, 6.07) is 7.15. The number of anilines is 2. The lowest BCUT2D eigenvalue weighted by Gasteiger charge is -2.54. The molecule has 5 aliphatic rings. The van der Waals surface area contributed by atoms with E-state index in [2.05, 4.69) is 69.4 Å². The summed E-state index contributed by atoms with van der Waals surface area (Å²) in [5.41, 5.74) is 6.93. The third-order valence-corrected chi connectivity index (χ3v) is 12.1. The van der Waals surface area contributed by atoms with Gasteiger partial charge < -0.3 is 19.4 Å². The molecule has 6 heterocycles. The van der Waals surface area contributed by atoms with Crippen molar-refractivity contribution in [1.29, 1.82) is 0 Å². The second kappa shape index (κ2) is 12.0. The Morgan fingerprint density at radius 3 is 2.58 bits per heavy atom. The molecule has 1 amide bonds. The van der Waals surface area contributed by atoms with Gasteiger partial charge in [0.2, 0.25) is 11.9 Å². The largest absolute Gasteiger partial charge is 0.491 e. The minimum atomic E-state index is 0.0364. The van der Waals surface area contributed by atoms with Crippen molar-refractivity contribution >= 4 is 39.5 Å². The lowest BCUT2D eigenvalue weighted by Crippen LogP contribution is -2.61. The van der Waals surface area contributed by atoms with Crippen molar-refractivity contribution < 1.29 is 9.53 Å². The zero-order valence-electron chi connectivity index (χ0n) is 29.2. The number of benzene rings is 2. The molecule has 0 radical (unpaired) electrons. The van der Waals surface area contributed by atoms with Crippen LogP contribution in [0.15, 0.2) is 37.1 Å². The molecular formula is C40H46N8O2. The van der Waals surface area contributed by atoms with E-state index in [1.54, 1.807) is 0 Å². The molecule has 1 aliphatic carbocycles. The lowest BCUT2D eigenvalue weighted by atomic mass is 9.72. The van der Waals surface area contributed by atoms with Gasteiger partial charge in [-0.1, -0.05) is 12.6 Å². The van der Waals surface area contributed by atoms with Crippen molar-refractivity contribution in [2.24, 2.45) is 11.3 Å². The van der Waals surface area contributed by atoms with Crippen LogP contribution in [-0.4, -0.2) is 101 Å². The second-order valence-electron chi connectivity index (χ2n) is 15.3. The summed E-state index contributed by atoms with van der Waals surface area (Å²) in [5.74, 6) is 6.45. The minimum absolute atomic E-state index is 0.0364. The number of carbonyl (C=O) groups excluding carboxylic acids is 1. The number of hydrogen-bond donors (Lipinski definition) is 1. The number of hydrogen-bond acceptors (Lipinski definition) is 8. The number of terminal acetylenes is 1. The van der Waals surface area contributed by atoms with Crippen LogP contribution in [0.2, 0.25) is 0 Å². The van der Waals surface area contributed by atoms with Gasteiger partial charge in [0.1, 0.15) is 11.3 Å². The first-order valence-electron chi connectivity index (χ1n) is 18.4. The quantitative estimate of drug-likeness (QED) is 0.194. The summed E-state index contributed by atoms with van der Waals surface area (Å²) >= 11 is 0. The molecule has 5 fully saturated rings. The van der Waals surface area contributed by atoms with Crippen molar-refractivity contribution in [3.63, 3.8) is 0 Å². The smallest absolute Gasteiger partial charge is 0.245 e. The van der Waals surface area contributed by atoms with Gasteiger partial charge in [-0.25, -0.2) is 4.98 Å². The van der Waals surface area contributed by atoms with E-state index in [1.165, 1.54) is 22.8 Å². The van der Waals surface area contributed by atoms with E-state index in [4.69, 9.17) is 21.1 Å². The number of amides is 1. The van der Waals surface area contributed by atoms with E-state index < -0.39 is 0 Å². The highest BCUT2D eigenvalue weighted by Crippen LogP contribution is 2.53. The number of likely N-dealkylation sites (tertiary alicyclic amines) is 2. The van der Waals surface area contributed by atoms with Gasteiger partial charge in [0.15, 0.2) is 5.75 Å². The van der Waals surface area contributed by atoms with E-state index in [0.29, 0.717) is 24.5 Å². The SMILES string of the molecule is C#C[C@@H]1CCN(C2CN(c3nc(N4CCC5(CC4)CN(C(=O)C=C)C5)c4cc(C5CC5)c(-c5c(C)ccc6[nH]ncc56)c(OCC)c4n3)C2)C1. The Morgan fingerprint density at radius 2 is 1.88 bits per heavy atom. The van der Waals surface area contributed by atoms with Crippen molar-refractivity contribution in [3.05, 3.63) is 48.2 Å². The third-order valence-electron chi connectivity index (χ3n) is 12.1. The zero-order valence-corrected chi connectivity index (χ0v) is 29.2. The fourth-order valence-corrected chi connectivity index (χ4v) is 8.99. The molecule has 0 bridgehead atoms. The maximum atomic E-state index is 12.3. The molecular weight excluding hydrogens is 624 g/mol. The summed E-state index contributed by atoms with van der Waals surface area (Å²) in [5, 5.41) is 9.80. The number of aromatic nitrogens is 4. The molecule has 258 valence electrons. The van der Waals surface area contributed by atoms with Crippen LogP contribution in [0.3, 0.4) is 0 Å². The Labute approximate surface area is 293 Å². The molecule has 10 nitrogen and oxygen atoms in total. The molecule has 1 spiro atoms. The second-order valence-corrected chi connectivity index (χ2v) is 15.3. The molecule has 0 unspecified atom stereocenters. The maximum absolute atomic E-state index is 12.3. The molecule has 4 aromatic rings. The standard InChI is InChI=1S/C40H46N8O2/c1-5-26-12-15-46(20-26)28-21-47(22-28)39-42-36-30(38(43-39)45-16-13-40(14-17-45)23-48(24-40)33(49)6-2)18-29(27-9-10-27)35(37(36)50-7-3)34-25(4)8-11-32-31(34)19-41-44-32/h1,6,8,11,18-19,26-28H,2,7,9-10,12-17,20-24H2,3-4H3,(H,41,44)/t26-/m1/s1. The molecule has 1 N–H and O–H groups in total. The fraction of sp³-hybridized carbons (Fsp3) is 0.500. The van der Waals surface area contributed by atoms with Crippen LogP contribution in [0.4, 0.5) is 11.8 Å². The van der Waals surface area contributed by atoms with Gasteiger partial charge in [-0.15, -0.1) is 12.3 Å². The highest BCUT2D eigenvalue weighted by atomic mass is 16.5. The number of H-pyrrole nitrogens is 1. The first kappa shape index (κ1) is 31.4. The molecule has 4 aliphatic heterocycles. The first-order valence-corrected chi connectivity index (χ1v) is 18.4. The third kappa shape index (κ3) is 5.12. The van der Waals surface area contributed by atoms with E-state index in [1.807, 2.05) is 11.1 Å². The number of rotatable bonds is 8. The lowest BCUT2D eigenvalue weighted by molar-refractivity contribution is -0.139. The maximum Gasteiger partial charge on any atom is 0.245 e.